The maximum atomic E-state index is 13.0. The summed E-state index contributed by atoms with van der Waals surface area (Å²) in [6.07, 6.45) is 3.93. The molecule has 0 aromatic heterocycles. The Morgan fingerprint density at radius 1 is 0.661 bits per heavy atom. The van der Waals surface area contributed by atoms with Gasteiger partial charge in [-0.1, -0.05) is 83.9 Å². The van der Waals surface area contributed by atoms with E-state index in [4.69, 9.17) is 42.1 Å². The van der Waals surface area contributed by atoms with Gasteiger partial charge in [0.25, 0.3) is 11.8 Å². The minimum atomic E-state index is -1.13. The van der Waals surface area contributed by atoms with Gasteiger partial charge in [0.05, 0.1) is 51.4 Å². The molecule has 2 N–H and O–H groups in total. The van der Waals surface area contributed by atoms with Crippen molar-refractivity contribution in [1.29, 1.82) is 10.5 Å². The van der Waals surface area contributed by atoms with Gasteiger partial charge < -0.3 is 29.6 Å². The first-order valence-corrected chi connectivity index (χ1v) is 20.3. The van der Waals surface area contributed by atoms with E-state index < -0.39 is 15.8 Å². The van der Waals surface area contributed by atoms with E-state index in [1.54, 1.807) is 54.6 Å². The highest BCUT2D eigenvalue weighted by molar-refractivity contribution is 6.33. The highest BCUT2D eigenvalue weighted by Gasteiger charge is 2.36. The number of allylic oxidation sites excluding steroid dienone is 2. The summed E-state index contributed by atoms with van der Waals surface area (Å²) >= 11 is 13.3. The fourth-order valence-electron chi connectivity index (χ4n) is 6.90. The molecule has 1 unspecified atom stereocenters. The molecule has 1 aliphatic rings. The summed E-state index contributed by atoms with van der Waals surface area (Å²) in [5, 5.41) is 25.8. The summed E-state index contributed by atoms with van der Waals surface area (Å²) < 4.78 is 21.0. The number of alkyl halides is 1. The Kier molecular flexibility index (Phi) is 14.8. The molecule has 10 nitrogen and oxygen atoms in total. The minimum absolute atomic E-state index is 0.293. The lowest BCUT2D eigenvalue weighted by molar-refractivity contribution is 0.0936. The van der Waals surface area contributed by atoms with Gasteiger partial charge in [0.15, 0.2) is 23.0 Å². The lowest BCUT2D eigenvalue weighted by Gasteiger charge is -2.34. The van der Waals surface area contributed by atoms with Crippen LogP contribution >= 0.6 is 23.2 Å². The topological polar surface area (TPSA) is 143 Å². The number of ether oxygens (including phenoxy) is 4. The summed E-state index contributed by atoms with van der Waals surface area (Å²) in [7, 11) is 6.11. The number of nitrogens with zero attached hydrogens (tertiary/aromatic N) is 2. The van der Waals surface area contributed by atoms with Crippen molar-refractivity contribution < 1.29 is 28.5 Å². The SMILES string of the molecule is COc1ccc(C(=O)NC2(Cl)C=CC(C(C)(C)C#N)=C(c3ccccc3)C2)cc1OC.COc1ccc(C(=O)Nc2ccc(C(C)(C)C#N)c(-c3ccccc3Cl)c2)cc1OC. The van der Waals surface area contributed by atoms with Crippen molar-refractivity contribution in [1.82, 2.24) is 5.32 Å². The fourth-order valence-corrected chi connectivity index (χ4v) is 7.42. The summed E-state index contributed by atoms with van der Waals surface area (Å²) in [5.74, 6) is 1.38. The number of carbonyl (C=O) groups is 2. The van der Waals surface area contributed by atoms with Crippen LogP contribution in [0.5, 0.6) is 23.0 Å². The predicted molar refractivity (Wildman–Crippen MR) is 245 cm³/mol. The van der Waals surface area contributed by atoms with E-state index in [-0.39, 0.29) is 11.8 Å². The Hall–Kier alpha value is -6.72. The van der Waals surface area contributed by atoms with Gasteiger partial charge in [-0.25, -0.2) is 0 Å². The van der Waals surface area contributed by atoms with E-state index in [1.807, 2.05) is 94.4 Å². The monoisotopic (exact) mass is 870 g/mol. The van der Waals surface area contributed by atoms with Crippen LogP contribution in [0.1, 0.15) is 66.0 Å². The molecule has 0 aliphatic heterocycles. The number of hydrogen-bond acceptors (Lipinski definition) is 8. The van der Waals surface area contributed by atoms with Crippen molar-refractivity contribution in [3.8, 4) is 46.3 Å². The Labute approximate surface area is 373 Å². The fraction of sp³-hybridized carbons (Fsp3) is 0.240. The number of carbonyl (C=O) groups excluding carboxylic acids is 2. The van der Waals surface area contributed by atoms with Gasteiger partial charge in [-0.05, 0) is 116 Å². The van der Waals surface area contributed by atoms with Crippen LogP contribution in [0.4, 0.5) is 5.69 Å². The molecule has 0 heterocycles. The van der Waals surface area contributed by atoms with Crippen LogP contribution in [-0.4, -0.2) is 45.3 Å². The Morgan fingerprint density at radius 3 is 1.76 bits per heavy atom. The predicted octanol–water partition coefficient (Wildman–Crippen LogP) is 11.4. The highest BCUT2D eigenvalue weighted by atomic mass is 35.5. The smallest absolute Gasteiger partial charge is 0.255 e. The zero-order chi connectivity index (χ0) is 45.2. The van der Waals surface area contributed by atoms with Crippen molar-refractivity contribution in [3.05, 3.63) is 154 Å². The van der Waals surface area contributed by atoms with Crippen LogP contribution < -0.4 is 29.6 Å². The van der Waals surface area contributed by atoms with Crippen LogP contribution in [0.25, 0.3) is 16.7 Å². The van der Waals surface area contributed by atoms with Gasteiger partial charge in [-0.15, -0.1) is 0 Å². The number of nitriles is 2. The molecule has 0 saturated carbocycles. The lowest BCUT2D eigenvalue weighted by Crippen LogP contribution is -2.44. The molecule has 0 bridgehead atoms. The van der Waals surface area contributed by atoms with E-state index in [1.165, 1.54) is 28.4 Å². The third kappa shape index (κ3) is 10.6. The van der Waals surface area contributed by atoms with Crippen molar-refractivity contribution in [2.45, 2.75) is 44.5 Å². The molecule has 0 saturated heterocycles. The van der Waals surface area contributed by atoms with Crippen molar-refractivity contribution in [2.24, 2.45) is 5.41 Å². The second-order valence-corrected chi connectivity index (χ2v) is 16.5. The lowest BCUT2D eigenvalue weighted by atomic mass is 9.76. The average molecular weight is 872 g/mol. The third-order valence-corrected chi connectivity index (χ3v) is 11.0. The molecule has 5 aromatic carbocycles. The van der Waals surface area contributed by atoms with Crippen LogP contribution in [0.2, 0.25) is 5.02 Å². The molecule has 1 atom stereocenters. The van der Waals surface area contributed by atoms with Crippen LogP contribution in [0.15, 0.2) is 127 Å². The molecule has 62 heavy (non-hydrogen) atoms. The van der Waals surface area contributed by atoms with E-state index >= 15 is 0 Å². The van der Waals surface area contributed by atoms with Gasteiger partial charge in [-0.2, -0.15) is 10.5 Å². The van der Waals surface area contributed by atoms with E-state index in [2.05, 4.69) is 22.8 Å². The second kappa shape index (κ2) is 19.8. The largest absolute Gasteiger partial charge is 0.493 e. The average Bonchev–Trinajstić information content (AvgIpc) is 3.28. The molecule has 0 radical (unpaired) electrons. The molecule has 0 fully saturated rings. The minimum Gasteiger partial charge on any atom is -0.493 e. The zero-order valence-electron chi connectivity index (χ0n) is 35.9. The van der Waals surface area contributed by atoms with Gasteiger partial charge >= 0.3 is 0 Å². The number of amides is 2. The van der Waals surface area contributed by atoms with Gasteiger partial charge in [0, 0.05) is 33.8 Å². The number of methoxy groups -OCH3 is 4. The third-order valence-electron chi connectivity index (χ3n) is 10.4. The second-order valence-electron chi connectivity index (χ2n) is 15.4. The quantitative estimate of drug-likeness (QED) is 0.0932. The van der Waals surface area contributed by atoms with Crippen molar-refractivity contribution >= 4 is 46.3 Å². The number of hydrogen-bond donors (Lipinski definition) is 2. The molecule has 318 valence electrons. The van der Waals surface area contributed by atoms with Gasteiger partial charge in [-0.3, -0.25) is 9.59 Å². The van der Waals surface area contributed by atoms with Crippen LogP contribution in [0, 0.1) is 28.1 Å². The van der Waals surface area contributed by atoms with Crippen molar-refractivity contribution in [3.63, 3.8) is 0 Å². The summed E-state index contributed by atoms with van der Waals surface area (Å²) in [6.45, 7) is 7.45. The summed E-state index contributed by atoms with van der Waals surface area (Å²) in [6, 6.07) is 37.3. The standard InChI is InChI=1S/C25H23ClN2O3.C25H25ClN2O3/c1-25(2,15-27)20-11-10-17(14-19(20)18-7-5-6-8-21(18)26)28-24(29)16-9-12-22(30-3)23(13-16)31-4;1-24(2,16-27)20-12-13-25(26,15-19(20)17-8-6-5-7-9-17)28-23(29)18-10-11-21(30-3)22(14-18)31-4/h5-14H,1-4H3,(H,28,29);5-14H,15H2,1-4H3,(H,28,29). The number of rotatable bonds is 12. The summed E-state index contributed by atoms with van der Waals surface area (Å²) in [5.41, 5.74) is 5.18. The first kappa shape index (κ1) is 46.3. The molecule has 1 aliphatic carbocycles. The van der Waals surface area contributed by atoms with E-state index in [0.29, 0.717) is 51.3 Å². The molecule has 6 rings (SSSR count). The van der Waals surface area contributed by atoms with Crippen LogP contribution in [-0.2, 0) is 5.41 Å². The molecule has 12 heteroatoms. The molecular formula is C50H48Cl2N4O6. The van der Waals surface area contributed by atoms with Crippen LogP contribution in [0.3, 0.4) is 0 Å². The maximum Gasteiger partial charge on any atom is 0.255 e. The molecular weight excluding hydrogens is 823 g/mol. The first-order chi connectivity index (χ1) is 29.5. The first-order valence-electron chi connectivity index (χ1n) is 19.5. The summed E-state index contributed by atoms with van der Waals surface area (Å²) in [4.78, 5) is 24.7. The Balaban J connectivity index is 0.000000234. The van der Waals surface area contributed by atoms with Crippen molar-refractivity contribution in [2.75, 3.05) is 33.8 Å². The van der Waals surface area contributed by atoms with E-state index in [9.17, 15) is 20.1 Å². The number of nitrogens with one attached hydrogen (secondary N) is 2. The molecule has 5 aromatic rings. The van der Waals surface area contributed by atoms with E-state index in [0.717, 1.165) is 33.4 Å². The van der Waals surface area contributed by atoms with Gasteiger partial charge in [0.1, 0.15) is 5.00 Å². The highest BCUT2D eigenvalue weighted by Crippen LogP contribution is 2.43. The Morgan fingerprint density at radius 2 is 1.21 bits per heavy atom. The van der Waals surface area contributed by atoms with Gasteiger partial charge in [0.2, 0.25) is 0 Å². The molecule has 2 amide bonds. The maximum absolute atomic E-state index is 13.0. The number of halogens is 2. The zero-order valence-corrected chi connectivity index (χ0v) is 37.4. The Bertz CT molecular complexity index is 2610. The number of benzene rings is 5. The number of anilines is 1. The molecule has 0 spiro atoms. The normalized spacial score (nSPS) is 14.6.